The lowest BCUT2D eigenvalue weighted by Gasteiger charge is -1.90. The van der Waals surface area contributed by atoms with E-state index >= 15 is 0 Å². The molecule has 1 aromatic carbocycles. The zero-order valence-electron chi connectivity index (χ0n) is 6.91. The number of aromatic nitrogens is 2. The van der Waals surface area contributed by atoms with Crippen molar-refractivity contribution in [1.82, 2.24) is 9.97 Å². The summed E-state index contributed by atoms with van der Waals surface area (Å²) >= 11 is 0. The van der Waals surface area contributed by atoms with Crippen LogP contribution in [0.25, 0.3) is 11.0 Å². The van der Waals surface area contributed by atoms with Crippen molar-refractivity contribution in [2.75, 3.05) is 5.32 Å². The van der Waals surface area contributed by atoms with Gasteiger partial charge in [-0.1, -0.05) is 6.07 Å². The Balaban J connectivity index is 2.51. The maximum atomic E-state index is 13.1. The molecular formula is C8H6FN3O2. The maximum Gasteiger partial charge on any atom is 0.411 e. The molecule has 1 amide bonds. The van der Waals surface area contributed by atoms with E-state index in [0.717, 1.165) is 0 Å². The monoisotopic (exact) mass is 195 g/mol. The number of fused-ring (bicyclic) bond motifs is 1. The van der Waals surface area contributed by atoms with E-state index in [4.69, 9.17) is 5.11 Å². The number of aromatic amines is 1. The van der Waals surface area contributed by atoms with Crippen LogP contribution in [0.2, 0.25) is 0 Å². The molecule has 0 aliphatic heterocycles. The first-order valence-electron chi connectivity index (χ1n) is 3.81. The quantitative estimate of drug-likeness (QED) is 0.649. The van der Waals surface area contributed by atoms with Crippen molar-refractivity contribution in [2.24, 2.45) is 0 Å². The molecule has 2 rings (SSSR count). The highest BCUT2D eigenvalue weighted by Gasteiger charge is 2.07. The number of halogens is 1. The molecule has 0 fully saturated rings. The summed E-state index contributed by atoms with van der Waals surface area (Å²) in [6.45, 7) is 0. The maximum absolute atomic E-state index is 13.1. The van der Waals surface area contributed by atoms with Gasteiger partial charge < -0.3 is 10.1 Å². The van der Waals surface area contributed by atoms with Crippen LogP contribution in [0.5, 0.6) is 0 Å². The molecule has 0 saturated heterocycles. The van der Waals surface area contributed by atoms with Crippen LogP contribution in [0.4, 0.5) is 15.1 Å². The Morgan fingerprint density at radius 1 is 1.57 bits per heavy atom. The van der Waals surface area contributed by atoms with Gasteiger partial charge in [-0.05, 0) is 12.1 Å². The van der Waals surface area contributed by atoms with Crippen molar-refractivity contribution < 1.29 is 14.3 Å². The predicted molar refractivity (Wildman–Crippen MR) is 47.7 cm³/mol. The molecule has 14 heavy (non-hydrogen) atoms. The van der Waals surface area contributed by atoms with Gasteiger partial charge in [0.1, 0.15) is 5.52 Å². The van der Waals surface area contributed by atoms with Crippen molar-refractivity contribution in [3.8, 4) is 0 Å². The second kappa shape index (κ2) is 2.99. The molecule has 2 aromatic rings. The number of imidazole rings is 1. The summed E-state index contributed by atoms with van der Waals surface area (Å²) in [6.07, 6.45) is -1.25. The number of anilines is 1. The largest absolute Gasteiger partial charge is 0.465 e. The molecule has 3 N–H and O–H groups in total. The Hall–Kier alpha value is -2.11. The van der Waals surface area contributed by atoms with Crippen LogP contribution in [-0.4, -0.2) is 21.2 Å². The van der Waals surface area contributed by atoms with Gasteiger partial charge in [-0.25, -0.2) is 14.2 Å². The summed E-state index contributed by atoms with van der Waals surface area (Å²) in [4.78, 5) is 16.6. The van der Waals surface area contributed by atoms with Crippen molar-refractivity contribution in [1.29, 1.82) is 0 Å². The summed E-state index contributed by atoms with van der Waals surface area (Å²) < 4.78 is 13.1. The number of nitrogens with zero attached hydrogens (tertiary/aromatic N) is 1. The fraction of sp³-hybridized carbons (Fsp3) is 0. The van der Waals surface area contributed by atoms with E-state index in [9.17, 15) is 9.18 Å². The third-order valence-electron chi connectivity index (χ3n) is 1.69. The van der Waals surface area contributed by atoms with Gasteiger partial charge in [-0.15, -0.1) is 0 Å². The molecule has 0 radical (unpaired) electrons. The molecule has 1 heterocycles. The molecule has 0 atom stereocenters. The fourth-order valence-electron chi connectivity index (χ4n) is 1.16. The summed E-state index contributed by atoms with van der Waals surface area (Å²) in [5, 5.41) is 10.4. The molecule has 0 spiro atoms. The number of nitrogens with one attached hydrogen (secondary N) is 2. The van der Waals surface area contributed by atoms with Crippen LogP contribution in [0.1, 0.15) is 0 Å². The first-order chi connectivity index (χ1) is 6.66. The predicted octanol–water partition coefficient (Wildman–Crippen LogP) is 1.79. The Kier molecular flexibility index (Phi) is 1.81. The highest BCUT2D eigenvalue weighted by molar-refractivity contribution is 5.85. The van der Waals surface area contributed by atoms with Crippen LogP contribution < -0.4 is 5.32 Å². The van der Waals surface area contributed by atoms with E-state index < -0.39 is 11.9 Å². The van der Waals surface area contributed by atoms with Crippen molar-refractivity contribution >= 4 is 23.1 Å². The number of carboxylic acid groups (broad SMARTS) is 1. The van der Waals surface area contributed by atoms with Crippen molar-refractivity contribution in [2.45, 2.75) is 0 Å². The molecular weight excluding hydrogens is 189 g/mol. The Bertz CT molecular complexity index is 494. The molecule has 5 nitrogen and oxygen atoms in total. The first kappa shape index (κ1) is 8.49. The lowest BCUT2D eigenvalue weighted by molar-refractivity contribution is 0.209. The molecule has 0 aliphatic carbocycles. The summed E-state index contributed by atoms with van der Waals surface area (Å²) in [5.41, 5.74) is 0.574. The van der Waals surface area contributed by atoms with Crippen LogP contribution in [-0.2, 0) is 0 Å². The van der Waals surface area contributed by atoms with Crippen LogP contribution in [0, 0.1) is 5.82 Å². The number of amides is 1. The lowest BCUT2D eigenvalue weighted by atomic mass is 10.3. The Morgan fingerprint density at radius 2 is 2.36 bits per heavy atom. The number of hydrogen-bond acceptors (Lipinski definition) is 2. The number of hydrogen-bond donors (Lipinski definition) is 3. The fourth-order valence-corrected chi connectivity index (χ4v) is 1.16. The number of H-pyrrole nitrogens is 1. The highest BCUT2D eigenvalue weighted by Crippen LogP contribution is 2.16. The lowest BCUT2D eigenvalue weighted by Crippen LogP contribution is -2.08. The zero-order valence-corrected chi connectivity index (χ0v) is 6.91. The van der Waals surface area contributed by atoms with Crippen LogP contribution in [0.3, 0.4) is 0 Å². The average Bonchev–Trinajstić information content (AvgIpc) is 2.47. The van der Waals surface area contributed by atoms with Crippen LogP contribution >= 0.6 is 0 Å². The highest BCUT2D eigenvalue weighted by atomic mass is 19.1. The van der Waals surface area contributed by atoms with Crippen molar-refractivity contribution in [3.05, 3.63) is 24.0 Å². The first-order valence-corrected chi connectivity index (χ1v) is 3.81. The SMILES string of the molecule is O=C(O)Nc1nc2c(F)cccc2[nH]1. The summed E-state index contributed by atoms with van der Waals surface area (Å²) in [6, 6.07) is 4.38. The third kappa shape index (κ3) is 1.37. The molecule has 0 aliphatic rings. The third-order valence-corrected chi connectivity index (χ3v) is 1.69. The van der Waals surface area contributed by atoms with E-state index in [1.54, 1.807) is 6.07 Å². The second-order valence-corrected chi connectivity index (χ2v) is 2.65. The van der Waals surface area contributed by atoms with Gasteiger partial charge in [0.05, 0.1) is 5.52 Å². The Labute approximate surface area is 77.6 Å². The molecule has 0 saturated carbocycles. The minimum Gasteiger partial charge on any atom is -0.465 e. The summed E-state index contributed by atoms with van der Waals surface area (Å²) in [7, 11) is 0. The smallest absolute Gasteiger partial charge is 0.411 e. The van der Waals surface area contributed by atoms with Gasteiger partial charge >= 0.3 is 6.09 Å². The van der Waals surface area contributed by atoms with Gasteiger partial charge in [0.2, 0.25) is 5.95 Å². The normalized spacial score (nSPS) is 10.4. The van der Waals surface area contributed by atoms with E-state index in [1.807, 2.05) is 5.32 Å². The van der Waals surface area contributed by atoms with E-state index in [0.29, 0.717) is 5.52 Å². The number of carbonyl (C=O) groups is 1. The molecule has 0 bridgehead atoms. The number of para-hydroxylation sites is 1. The minimum atomic E-state index is -1.25. The van der Waals surface area contributed by atoms with Gasteiger partial charge in [-0.3, -0.25) is 5.32 Å². The average molecular weight is 195 g/mol. The van der Waals surface area contributed by atoms with E-state index in [-0.39, 0.29) is 11.5 Å². The molecule has 0 unspecified atom stereocenters. The van der Waals surface area contributed by atoms with Crippen LogP contribution in [0.15, 0.2) is 18.2 Å². The van der Waals surface area contributed by atoms with Gasteiger partial charge in [-0.2, -0.15) is 0 Å². The minimum absolute atomic E-state index is 0.0117. The Morgan fingerprint density at radius 3 is 3.00 bits per heavy atom. The van der Waals surface area contributed by atoms with Gasteiger partial charge in [0.15, 0.2) is 5.82 Å². The standard InChI is InChI=1S/C8H6FN3O2/c9-4-2-1-3-5-6(4)11-7(10-5)12-8(13)14/h1-3H,(H,13,14)(H2,10,11,12). The van der Waals surface area contributed by atoms with Gasteiger partial charge in [0.25, 0.3) is 0 Å². The van der Waals surface area contributed by atoms with Crippen molar-refractivity contribution in [3.63, 3.8) is 0 Å². The molecule has 6 heteroatoms. The second-order valence-electron chi connectivity index (χ2n) is 2.65. The summed E-state index contributed by atoms with van der Waals surface area (Å²) in [5.74, 6) is -0.477. The number of rotatable bonds is 1. The topological polar surface area (TPSA) is 78.0 Å². The number of benzene rings is 1. The van der Waals surface area contributed by atoms with E-state index in [2.05, 4.69) is 9.97 Å². The molecule has 72 valence electrons. The van der Waals surface area contributed by atoms with Gasteiger partial charge in [0, 0.05) is 0 Å². The molecule has 1 aromatic heterocycles. The zero-order chi connectivity index (χ0) is 10.1. The van der Waals surface area contributed by atoms with E-state index in [1.165, 1.54) is 12.1 Å².